The Labute approximate surface area is 101 Å². The molecule has 17 heavy (non-hydrogen) atoms. The lowest BCUT2D eigenvalue weighted by Gasteiger charge is -2.09. The van der Waals surface area contributed by atoms with Gasteiger partial charge in [-0.3, -0.25) is 4.79 Å². The Kier molecular flexibility index (Phi) is 4.68. The topological polar surface area (TPSA) is 76.1 Å². The average molecular weight is 232 g/mol. The fraction of sp³-hybridized carbons (Fsp3) is 0.385. The fourth-order valence-electron chi connectivity index (χ4n) is 1.74. The Morgan fingerprint density at radius 3 is 2.76 bits per heavy atom. The standard InChI is InChI=1S/C13H16N2O2/c1-3-17-13(16)6-10-4-9(2)12(8-15)11(5-10)7-14/h4-5H,3,6,8,15H2,1-2H3. The van der Waals surface area contributed by atoms with Crippen LogP contribution in [0.3, 0.4) is 0 Å². The van der Waals surface area contributed by atoms with Gasteiger partial charge in [0.15, 0.2) is 0 Å². The summed E-state index contributed by atoms with van der Waals surface area (Å²) in [7, 11) is 0. The van der Waals surface area contributed by atoms with E-state index in [4.69, 9.17) is 15.7 Å². The van der Waals surface area contributed by atoms with Crippen LogP contribution in [0.2, 0.25) is 0 Å². The molecule has 0 bridgehead atoms. The number of nitriles is 1. The fourth-order valence-corrected chi connectivity index (χ4v) is 1.74. The molecule has 0 saturated carbocycles. The van der Waals surface area contributed by atoms with Crippen LogP contribution in [-0.2, 0) is 22.5 Å². The molecule has 0 amide bonds. The summed E-state index contributed by atoms with van der Waals surface area (Å²) >= 11 is 0. The minimum absolute atomic E-state index is 0.189. The van der Waals surface area contributed by atoms with Crippen LogP contribution in [0.15, 0.2) is 12.1 Å². The second kappa shape index (κ2) is 6.02. The lowest BCUT2D eigenvalue weighted by atomic mass is 9.98. The molecule has 0 spiro atoms. The Hall–Kier alpha value is -1.86. The molecule has 1 aromatic rings. The van der Waals surface area contributed by atoms with Crippen molar-refractivity contribution in [3.8, 4) is 6.07 Å². The van der Waals surface area contributed by atoms with Crippen LogP contribution in [0.5, 0.6) is 0 Å². The van der Waals surface area contributed by atoms with E-state index in [-0.39, 0.29) is 12.4 Å². The first-order valence-electron chi connectivity index (χ1n) is 5.50. The zero-order valence-electron chi connectivity index (χ0n) is 10.1. The lowest BCUT2D eigenvalue weighted by molar-refractivity contribution is -0.142. The summed E-state index contributed by atoms with van der Waals surface area (Å²) in [4.78, 5) is 11.3. The molecular formula is C13H16N2O2. The SMILES string of the molecule is CCOC(=O)Cc1cc(C)c(CN)c(C#N)c1. The molecule has 0 fully saturated rings. The number of rotatable bonds is 4. The van der Waals surface area contributed by atoms with Gasteiger partial charge < -0.3 is 10.5 Å². The number of carbonyl (C=O) groups excluding carboxylic acids is 1. The number of hydrogen-bond donors (Lipinski definition) is 1. The number of hydrogen-bond acceptors (Lipinski definition) is 4. The molecule has 0 atom stereocenters. The maximum absolute atomic E-state index is 11.3. The number of nitrogens with zero attached hydrogens (tertiary/aromatic N) is 1. The van der Waals surface area contributed by atoms with Crippen molar-refractivity contribution >= 4 is 5.97 Å². The first-order chi connectivity index (χ1) is 8.12. The molecule has 0 unspecified atom stereocenters. The third kappa shape index (κ3) is 3.30. The maximum Gasteiger partial charge on any atom is 0.310 e. The van der Waals surface area contributed by atoms with Crippen LogP contribution in [0.25, 0.3) is 0 Å². The highest BCUT2D eigenvalue weighted by Crippen LogP contribution is 2.17. The largest absolute Gasteiger partial charge is 0.466 e. The van der Waals surface area contributed by atoms with Crippen molar-refractivity contribution in [1.29, 1.82) is 5.26 Å². The molecule has 0 aliphatic rings. The molecule has 0 aliphatic heterocycles. The van der Waals surface area contributed by atoms with Crippen molar-refractivity contribution < 1.29 is 9.53 Å². The molecule has 0 aliphatic carbocycles. The monoisotopic (exact) mass is 232 g/mol. The molecule has 1 rings (SSSR count). The number of benzene rings is 1. The number of carbonyl (C=O) groups is 1. The molecule has 4 heteroatoms. The quantitative estimate of drug-likeness (QED) is 0.797. The number of aryl methyl sites for hydroxylation is 1. The normalized spacial score (nSPS) is 9.76. The van der Waals surface area contributed by atoms with E-state index in [1.807, 2.05) is 13.0 Å². The van der Waals surface area contributed by atoms with Crippen molar-refractivity contribution in [2.45, 2.75) is 26.8 Å². The van der Waals surface area contributed by atoms with Gasteiger partial charge in [0.05, 0.1) is 24.7 Å². The maximum atomic E-state index is 11.3. The molecule has 4 nitrogen and oxygen atoms in total. The van der Waals surface area contributed by atoms with E-state index in [0.29, 0.717) is 18.7 Å². The summed E-state index contributed by atoms with van der Waals surface area (Å²) in [5, 5.41) is 9.01. The van der Waals surface area contributed by atoms with Gasteiger partial charge in [0.2, 0.25) is 0 Å². The van der Waals surface area contributed by atoms with E-state index in [1.165, 1.54) is 0 Å². The van der Waals surface area contributed by atoms with Crippen LogP contribution in [0.4, 0.5) is 0 Å². The molecule has 0 saturated heterocycles. The predicted molar refractivity (Wildman–Crippen MR) is 64.1 cm³/mol. The van der Waals surface area contributed by atoms with Gasteiger partial charge in [0, 0.05) is 6.54 Å². The Balaban J connectivity index is 3.00. The summed E-state index contributed by atoms with van der Waals surface area (Å²) in [5.41, 5.74) is 8.67. The molecule has 0 radical (unpaired) electrons. The van der Waals surface area contributed by atoms with E-state index >= 15 is 0 Å². The van der Waals surface area contributed by atoms with Crippen molar-refractivity contribution in [3.63, 3.8) is 0 Å². The summed E-state index contributed by atoms with van der Waals surface area (Å²) in [6.45, 7) is 4.34. The van der Waals surface area contributed by atoms with Gasteiger partial charge in [-0.15, -0.1) is 0 Å². The summed E-state index contributed by atoms with van der Waals surface area (Å²) in [5.74, 6) is -0.281. The van der Waals surface area contributed by atoms with E-state index in [9.17, 15) is 4.79 Å². The first-order valence-corrected chi connectivity index (χ1v) is 5.50. The van der Waals surface area contributed by atoms with Gasteiger partial charge >= 0.3 is 5.97 Å². The van der Waals surface area contributed by atoms with Crippen LogP contribution < -0.4 is 5.73 Å². The predicted octanol–water partition coefficient (Wildman–Crippen LogP) is 1.43. The second-order valence-electron chi connectivity index (χ2n) is 3.74. The van der Waals surface area contributed by atoms with Crippen molar-refractivity contribution in [3.05, 3.63) is 34.4 Å². The number of esters is 1. The Morgan fingerprint density at radius 2 is 2.24 bits per heavy atom. The zero-order valence-corrected chi connectivity index (χ0v) is 10.1. The first kappa shape index (κ1) is 13.2. The highest BCUT2D eigenvalue weighted by Gasteiger charge is 2.10. The highest BCUT2D eigenvalue weighted by atomic mass is 16.5. The van der Waals surface area contributed by atoms with Gasteiger partial charge in [0.1, 0.15) is 0 Å². The summed E-state index contributed by atoms with van der Waals surface area (Å²) < 4.78 is 4.87. The Bertz CT molecular complexity index is 461. The number of ether oxygens (including phenoxy) is 1. The molecular weight excluding hydrogens is 216 g/mol. The van der Waals surface area contributed by atoms with Gasteiger partial charge in [-0.1, -0.05) is 6.07 Å². The minimum Gasteiger partial charge on any atom is -0.466 e. The van der Waals surface area contributed by atoms with Crippen LogP contribution in [-0.4, -0.2) is 12.6 Å². The summed E-state index contributed by atoms with van der Waals surface area (Å²) in [6, 6.07) is 5.68. The smallest absolute Gasteiger partial charge is 0.310 e. The third-order valence-electron chi connectivity index (χ3n) is 2.51. The second-order valence-corrected chi connectivity index (χ2v) is 3.74. The highest BCUT2D eigenvalue weighted by molar-refractivity contribution is 5.73. The minimum atomic E-state index is -0.281. The van der Waals surface area contributed by atoms with Crippen LogP contribution in [0.1, 0.15) is 29.2 Å². The number of nitrogens with two attached hydrogens (primary N) is 1. The van der Waals surface area contributed by atoms with Crippen LogP contribution in [0, 0.1) is 18.3 Å². The Morgan fingerprint density at radius 1 is 1.53 bits per heavy atom. The van der Waals surface area contributed by atoms with E-state index < -0.39 is 0 Å². The molecule has 90 valence electrons. The molecule has 2 N–H and O–H groups in total. The van der Waals surface area contributed by atoms with Gasteiger partial charge in [0.25, 0.3) is 0 Å². The van der Waals surface area contributed by atoms with Gasteiger partial charge in [-0.25, -0.2) is 0 Å². The van der Waals surface area contributed by atoms with Crippen molar-refractivity contribution in [2.24, 2.45) is 5.73 Å². The van der Waals surface area contributed by atoms with E-state index in [0.717, 1.165) is 16.7 Å². The third-order valence-corrected chi connectivity index (χ3v) is 2.51. The molecule has 0 heterocycles. The lowest BCUT2D eigenvalue weighted by Crippen LogP contribution is -2.09. The average Bonchev–Trinajstić information content (AvgIpc) is 2.28. The van der Waals surface area contributed by atoms with Gasteiger partial charge in [-0.2, -0.15) is 5.26 Å². The van der Waals surface area contributed by atoms with Crippen molar-refractivity contribution in [1.82, 2.24) is 0 Å². The van der Waals surface area contributed by atoms with Gasteiger partial charge in [-0.05, 0) is 36.6 Å². The zero-order chi connectivity index (χ0) is 12.8. The molecule has 1 aromatic carbocycles. The summed E-state index contributed by atoms with van der Waals surface area (Å²) in [6.07, 6.45) is 0.189. The molecule has 0 aromatic heterocycles. The van der Waals surface area contributed by atoms with Crippen molar-refractivity contribution in [2.75, 3.05) is 6.61 Å². The van der Waals surface area contributed by atoms with E-state index in [2.05, 4.69) is 6.07 Å². The van der Waals surface area contributed by atoms with Crippen LogP contribution >= 0.6 is 0 Å². The van der Waals surface area contributed by atoms with E-state index in [1.54, 1.807) is 13.0 Å².